The van der Waals surface area contributed by atoms with Gasteiger partial charge in [0.05, 0.1) is 11.4 Å². The van der Waals surface area contributed by atoms with E-state index in [1.165, 1.54) is 0 Å². The van der Waals surface area contributed by atoms with Crippen LogP contribution >= 0.6 is 11.6 Å². The largest absolute Gasteiger partial charge is 0.309 e. The fourth-order valence-corrected chi connectivity index (χ4v) is 2.32. The van der Waals surface area contributed by atoms with Gasteiger partial charge in [0.2, 0.25) is 0 Å². The molecular weight excluding hydrogens is 296 g/mol. The molecule has 0 fully saturated rings. The number of hydrogen-bond acceptors (Lipinski definition) is 2. The number of aliphatic imine (C=N–C) groups is 1. The summed E-state index contributed by atoms with van der Waals surface area (Å²) in [6.07, 6.45) is 3.31. The minimum Gasteiger partial charge on any atom is -0.309 e. The zero-order valence-corrected chi connectivity index (χ0v) is 13.3. The summed E-state index contributed by atoms with van der Waals surface area (Å²) in [5.74, 6) is -0.0884. The minimum absolute atomic E-state index is 0.0884. The molecule has 0 heterocycles. The van der Waals surface area contributed by atoms with Gasteiger partial charge in [-0.25, -0.2) is 0 Å². The first-order valence-corrected chi connectivity index (χ1v) is 7.19. The predicted molar refractivity (Wildman–Crippen MR) is 93.2 cm³/mol. The number of rotatable bonds is 5. The van der Waals surface area contributed by atoms with E-state index in [4.69, 9.17) is 11.6 Å². The van der Waals surface area contributed by atoms with Crippen molar-refractivity contribution in [2.45, 2.75) is 6.92 Å². The van der Waals surface area contributed by atoms with E-state index >= 15 is 0 Å². The molecule has 0 amide bonds. The summed E-state index contributed by atoms with van der Waals surface area (Å²) in [5.41, 5.74) is 2.88. The van der Waals surface area contributed by atoms with E-state index in [-0.39, 0.29) is 5.78 Å². The zero-order chi connectivity index (χ0) is 16.1. The lowest BCUT2D eigenvalue weighted by molar-refractivity contribution is 0.103. The molecule has 0 aliphatic heterocycles. The predicted octanol–water partition coefficient (Wildman–Crippen LogP) is 4.49. The van der Waals surface area contributed by atoms with Gasteiger partial charge in [-0.05, 0) is 42.8 Å². The second-order valence-electron chi connectivity index (χ2n) is 4.78. The highest BCUT2D eigenvalue weighted by Gasteiger charge is 2.14. The van der Waals surface area contributed by atoms with Crippen molar-refractivity contribution < 1.29 is 4.79 Å². The number of aryl methyl sites for hydroxylation is 1. The molecule has 0 aromatic heterocycles. The molecule has 0 atom stereocenters. The number of halogens is 1. The molecule has 3 nitrogen and oxygen atoms in total. The van der Waals surface area contributed by atoms with Gasteiger partial charge in [0, 0.05) is 30.1 Å². The molecular formula is C18H17ClN2O. The Labute approximate surface area is 135 Å². The van der Waals surface area contributed by atoms with E-state index < -0.39 is 0 Å². The van der Waals surface area contributed by atoms with Gasteiger partial charge < -0.3 is 4.90 Å². The fourth-order valence-electron chi connectivity index (χ4n) is 2.11. The van der Waals surface area contributed by atoms with Crippen LogP contribution in [0.25, 0.3) is 0 Å². The zero-order valence-electron chi connectivity index (χ0n) is 12.6. The highest BCUT2D eigenvalue weighted by atomic mass is 35.5. The van der Waals surface area contributed by atoms with E-state index in [0.29, 0.717) is 16.1 Å². The maximum Gasteiger partial charge on any atom is 0.194 e. The van der Waals surface area contributed by atoms with Gasteiger partial charge in [-0.3, -0.25) is 9.79 Å². The average Bonchev–Trinajstić information content (AvgIpc) is 2.55. The summed E-state index contributed by atoms with van der Waals surface area (Å²) in [6.45, 7) is 5.62. The van der Waals surface area contributed by atoms with Crippen molar-refractivity contribution in [1.29, 1.82) is 0 Å². The van der Waals surface area contributed by atoms with Crippen LogP contribution < -0.4 is 4.90 Å². The van der Waals surface area contributed by atoms with Crippen LogP contribution in [0.15, 0.2) is 60.2 Å². The van der Waals surface area contributed by atoms with Crippen LogP contribution in [0.2, 0.25) is 5.02 Å². The normalized spacial score (nSPS) is 10.7. The fraction of sp³-hybridized carbons (Fsp3) is 0.111. The molecule has 0 bridgehead atoms. The van der Waals surface area contributed by atoms with Crippen molar-refractivity contribution in [2.24, 2.45) is 4.99 Å². The molecule has 0 aliphatic rings. The lowest BCUT2D eigenvalue weighted by Gasteiger charge is -2.14. The second-order valence-corrected chi connectivity index (χ2v) is 5.15. The van der Waals surface area contributed by atoms with Crippen molar-refractivity contribution in [3.63, 3.8) is 0 Å². The quantitative estimate of drug-likeness (QED) is 0.463. The van der Waals surface area contributed by atoms with Gasteiger partial charge in [-0.15, -0.1) is 0 Å². The highest BCUT2D eigenvalue weighted by Crippen LogP contribution is 2.24. The maximum atomic E-state index is 12.6. The number of carbonyl (C=O) groups is 1. The van der Waals surface area contributed by atoms with E-state index in [1.807, 2.05) is 31.2 Å². The van der Waals surface area contributed by atoms with Crippen LogP contribution in [-0.4, -0.2) is 19.2 Å². The van der Waals surface area contributed by atoms with Gasteiger partial charge in [0.15, 0.2) is 5.78 Å². The molecule has 4 heteroatoms. The molecule has 0 N–H and O–H groups in total. The lowest BCUT2D eigenvalue weighted by Crippen LogP contribution is -2.12. The van der Waals surface area contributed by atoms with Crippen molar-refractivity contribution in [2.75, 3.05) is 11.9 Å². The highest BCUT2D eigenvalue weighted by molar-refractivity contribution is 6.35. The van der Waals surface area contributed by atoms with Gasteiger partial charge in [-0.2, -0.15) is 0 Å². The third-order valence-corrected chi connectivity index (χ3v) is 3.80. The molecule has 22 heavy (non-hydrogen) atoms. The van der Waals surface area contributed by atoms with E-state index in [1.54, 1.807) is 42.7 Å². The van der Waals surface area contributed by atoms with Crippen LogP contribution in [0.3, 0.4) is 0 Å². The Kier molecular flexibility index (Phi) is 5.12. The number of carbonyl (C=O) groups excluding carboxylic acids is 1. The molecule has 112 valence electrons. The third kappa shape index (κ3) is 3.26. The second kappa shape index (κ2) is 7.05. The molecule has 2 aromatic rings. The minimum atomic E-state index is -0.0884. The number of hydrogen-bond donors (Lipinski definition) is 0. The third-order valence-electron chi connectivity index (χ3n) is 3.30. The lowest BCUT2D eigenvalue weighted by atomic mass is 10.0. The van der Waals surface area contributed by atoms with Gasteiger partial charge >= 0.3 is 0 Å². The summed E-state index contributed by atoms with van der Waals surface area (Å²) < 4.78 is 0. The molecule has 0 aliphatic carbocycles. The average molecular weight is 313 g/mol. The van der Waals surface area contributed by atoms with Crippen LogP contribution in [0.1, 0.15) is 21.5 Å². The first-order valence-electron chi connectivity index (χ1n) is 6.81. The van der Waals surface area contributed by atoms with Crippen molar-refractivity contribution in [3.8, 4) is 0 Å². The van der Waals surface area contributed by atoms with Crippen LogP contribution in [0, 0.1) is 6.92 Å². The van der Waals surface area contributed by atoms with Crippen LogP contribution in [0.5, 0.6) is 0 Å². The standard InChI is InChI=1S/C18H17ClN2O/c1-4-21(12-20-3)15-10-8-14(9-11-15)18(22)16-7-5-6-13(2)17(16)19/h4-12H,1H2,2-3H3. The summed E-state index contributed by atoms with van der Waals surface area (Å²) in [6, 6.07) is 12.7. The molecule has 0 unspecified atom stereocenters. The maximum absolute atomic E-state index is 12.6. The van der Waals surface area contributed by atoms with Crippen molar-refractivity contribution in [3.05, 3.63) is 77.0 Å². The van der Waals surface area contributed by atoms with E-state index in [2.05, 4.69) is 11.6 Å². The molecule has 0 spiro atoms. The summed E-state index contributed by atoms with van der Waals surface area (Å²) >= 11 is 6.22. The first kappa shape index (κ1) is 16.0. The first-order chi connectivity index (χ1) is 10.6. The van der Waals surface area contributed by atoms with Gasteiger partial charge in [0.25, 0.3) is 0 Å². The Hall–Kier alpha value is -2.39. The van der Waals surface area contributed by atoms with Gasteiger partial charge in [-0.1, -0.05) is 30.3 Å². The number of ketones is 1. The Morgan fingerprint density at radius 2 is 1.91 bits per heavy atom. The van der Waals surface area contributed by atoms with Gasteiger partial charge in [0.1, 0.15) is 0 Å². The summed E-state index contributed by atoms with van der Waals surface area (Å²) in [5, 5.41) is 0.502. The van der Waals surface area contributed by atoms with Crippen LogP contribution in [0.4, 0.5) is 5.69 Å². The van der Waals surface area contributed by atoms with Crippen molar-refractivity contribution >= 4 is 29.4 Å². The van der Waals surface area contributed by atoms with Crippen LogP contribution in [-0.2, 0) is 0 Å². The molecule has 0 saturated heterocycles. The molecule has 0 saturated carbocycles. The smallest absolute Gasteiger partial charge is 0.194 e. The monoisotopic (exact) mass is 312 g/mol. The SMILES string of the molecule is C=CN(C=NC)c1ccc(C(=O)c2cccc(C)c2Cl)cc1. The van der Waals surface area contributed by atoms with E-state index in [0.717, 1.165) is 11.3 Å². The van der Waals surface area contributed by atoms with E-state index in [9.17, 15) is 4.79 Å². The molecule has 2 rings (SSSR count). The Morgan fingerprint density at radius 1 is 1.23 bits per heavy atom. The summed E-state index contributed by atoms with van der Waals surface area (Å²) in [7, 11) is 1.69. The number of nitrogens with zero attached hydrogens (tertiary/aromatic N) is 2. The molecule has 2 aromatic carbocycles. The topological polar surface area (TPSA) is 32.7 Å². The Balaban J connectivity index is 2.32. The Morgan fingerprint density at radius 3 is 2.50 bits per heavy atom. The Bertz CT molecular complexity index is 720. The number of anilines is 1. The molecule has 0 radical (unpaired) electrons. The summed E-state index contributed by atoms with van der Waals surface area (Å²) in [4.78, 5) is 18.3. The van der Waals surface area contributed by atoms with Crippen molar-refractivity contribution in [1.82, 2.24) is 0 Å². The number of benzene rings is 2.